The van der Waals surface area contributed by atoms with Gasteiger partial charge in [0.15, 0.2) is 17.4 Å². The summed E-state index contributed by atoms with van der Waals surface area (Å²) in [5.74, 6) is 1.79. The SMILES string of the molecule is COc1ccc(C2C(C)=C(N)Oc3nc(C#N)[nH]c32)cc1OCc1ccccc1. The molecule has 146 valence electrons. The van der Waals surface area contributed by atoms with Crippen molar-refractivity contribution in [2.24, 2.45) is 5.73 Å². The number of ether oxygens (including phenoxy) is 3. The Bertz CT molecular complexity index is 1110. The van der Waals surface area contributed by atoms with E-state index in [1.807, 2.05) is 61.5 Å². The Labute approximate surface area is 168 Å². The number of nitrogens with two attached hydrogens (primary N) is 1. The second-order valence-corrected chi connectivity index (χ2v) is 6.68. The molecule has 1 aliphatic heterocycles. The van der Waals surface area contributed by atoms with Gasteiger partial charge in [-0.05, 0) is 30.2 Å². The highest BCUT2D eigenvalue weighted by molar-refractivity contribution is 5.52. The Morgan fingerprint density at radius 1 is 1.21 bits per heavy atom. The zero-order valence-corrected chi connectivity index (χ0v) is 16.1. The standard InChI is InChI=1S/C22H20N4O3/c1-13-19(20-22(29-21(13)24)26-18(11-23)25-20)15-8-9-16(27-2)17(10-15)28-12-14-6-4-3-5-7-14/h3-10,19H,12,24H2,1-2H3,(H,25,26). The molecule has 2 heterocycles. The van der Waals surface area contributed by atoms with Crippen molar-refractivity contribution in [3.8, 4) is 23.4 Å². The average molecular weight is 388 g/mol. The van der Waals surface area contributed by atoms with Crippen molar-refractivity contribution in [3.05, 3.63) is 82.6 Å². The van der Waals surface area contributed by atoms with Gasteiger partial charge in [-0.3, -0.25) is 0 Å². The number of nitriles is 1. The number of fused-ring (bicyclic) bond motifs is 1. The molecule has 3 aromatic rings. The molecule has 29 heavy (non-hydrogen) atoms. The topological polar surface area (TPSA) is 106 Å². The van der Waals surface area contributed by atoms with E-state index in [1.54, 1.807) is 7.11 Å². The van der Waals surface area contributed by atoms with Crippen LogP contribution >= 0.6 is 0 Å². The molecule has 1 unspecified atom stereocenters. The number of hydrogen-bond donors (Lipinski definition) is 2. The Morgan fingerprint density at radius 3 is 2.72 bits per heavy atom. The molecule has 3 N–H and O–H groups in total. The van der Waals surface area contributed by atoms with Crippen LogP contribution in [0.5, 0.6) is 17.4 Å². The fraction of sp³-hybridized carbons (Fsp3) is 0.182. The molecule has 0 amide bonds. The van der Waals surface area contributed by atoms with Gasteiger partial charge in [0, 0.05) is 5.57 Å². The van der Waals surface area contributed by atoms with Crippen LogP contribution in [0.4, 0.5) is 0 Å². The first kappa shape index (κ1) is 18.4. The van der Waals surface area contributed by atoms with Gasteiger partial charge in [-0.2, -0.15) is 10.2 Å². The highest BCUT2D eigenvalue weighted by Crippen LogP contribution is 2.42. The molecule has 0 bridgehead atoms. The highest BCUT2D eigenvalue weighted by Gasteiger charge is 2.31. The van der Waals surface area contributed by atoms with Crippen molar-refractivity contribution in [2.75, 3.05) is 7.11 Å². The first-order chi connectivity index (χ1) is 14.1. The van der Waals surface area contributed by atoms with Gasteiger partial charge < -0.3 is 24.9 Å². The van der Waals surface area contributed by atoms with Crippen molar-refractivity contribution >= 4 is 0 Å². The van der Waals surface area contributed by atoms with Crippen LogP contribution in [0, 0.1) is 11.3 Å². The molecule has 0 fully saturated rings. The number of allylic oxidation sites excluding steroid dienone is 1. The second kappa shape index (κ2) is 7.60. The maximum absolute atomic E-state index is 9.19. The van der Waals surface area contributed by atoms with Crippen molar-refractivity contribution in [2.45, 2.75) is 19.4 Å². The summed E-state index contributed by atoms with van der Waals surface area (Å²) in [5.41, 5.74) is 9.56. The van der Waals surface area contributed by atoms with E-state index in [1.165, 1.54) is 0 Å². The molecular weight excluding hydrogens is 368 g/mol. The Kier molecular flexibility index (Phi) is 4.83. The second-order valence-electron chi connectivity index (χ2n) is 6.68. The van der Waals surface area contributed by atoms with E-state index in [0.717, 1.165) is 16.7 Å². The number of hydrogen-bond acceptors (Lipinski definition) is 6. The number of aromatic nitrogens is 2. The van der Waals surface area contributed by atoms with E-state index in [-0.39, 0.29) is 17.6 Å². The van der Waals surface area contributed by atoms with Crippen LogP contribution in [0.3, 0.4) is 0 Å². The van der Waals surface area contributed by atoms with E-state index < -0.39 is 0 Å². The summed E-state index contributed by atoms with van der Waals surface area (Å²) in [6.07, 6.45) is 0. The van der Waals surface area contributed by atoms with Gasteiger partial charge in [0.05, 0.1) is 18.7 Å². The summed E-state index contributed by atoms with van der Waals surface area (Å²) in [5, 5.41) is 9.19. The normalized spacial score (nSPS) is 15.3. The summed E-state index contributed by atoms with van der Waals surface area (Å²) >= 11 is 0. The van der Waals surface area contributed by atoms with E-state index in [0.29, 0.717) is 29.7 Å². The van der Waals surface area contributed by atoms with Crippen LogP contribution in [0.2, 0.25) is 0 Å². The third-order valence-electron chi connectivity index (χ3n) is 4.88. The summed E-state index contributed by atoms with van der Waals surface area (Å²) in [4.78, 5) is 7.18. The average Bonchev–Trinajstić information content (AvgIpc) is 3.16. The molecule has 1 aromatic heterocycles. The minimum atomic E-state index is -0.238. The highest BCUT2D eigenvalue weighted by atomic mass is 16.5. The third kappa shape index (κ3) is 3.48. The van der Waals surface area contributed by atoms with Gasteiger partial charge in [-0.25, -0.2) is 0 Å². The van der Waals surface area contributed by atoms with Crippen molar-refractivity contribution < 1.29 is 14.2 Å². The number of rotatable bonds is 5. The van der Waals surface area contributed by atoms with E-state index >= 15 is 0 Å². The monoisotopic (exact) mass is 388 g/mol. The first-order valence-electron chi connectivity index (χ1n) is 9.09. The third-order valence-corrected chi connectivity index (χ3v) is 4.88. The van der Waals surface area contributed by atoms with Crippen LogP contribution in [0.1, 0.15) is 35.5 Å². The number of nitrogens with zero attached hydrogens (tertiary/aromatic N) is 2. The predicted octanol–water partition coefficient (Wildman–Crippen LogP) is 3.58. The first-order valence-corrected chi connectivity index (χ1v) is 9.09. The molecule has 4 rings (SSSR count). The molecule has 0 radical (unpaired) electrons. The lowest BCUT2D eigenvalue weighted by Gasteiger charge is -2.25. The number of H-pyrrole nitrogens is 1. The van der Waals surface area contributed by atoms with Crippen LogP contribution in [-0.2, 0) is 6.61 Å². The van der Waals surface area contributed by atoms with E-state index in [9.17, 15) is 5.26 Å². The van der Waals surface area contributed by atoms with Crippen LogP contribution < -0.4 is 19.9 Å². The van der Waals surface area contributed by atoms with Crippen molar-refractivity contribution in [1.82, 2.24) is 9.97 Å². The fourth-order valence-electron chi connectivity index (χ4n) is 3.38. The lowest BCUT2D eigenvalue weighted by Crippen LogP contribution is -2.20. The number of imidazole rings is 1. The molecule has 0 saturated heterocycles. The summed E-state index contributed by atoms with van der Waals surface area (Å²) in [7, 11) is 1.61. The molecule has 7 heteroatoms. The van der Waals surface area contributed by atoms with Gasteiger partial charge >= 0.3 is 0 Å². The number of benzene rings is 2. The maximum atomic E-state index is 9.19. The fourth-order valence-corrected chi connectivity index (χ4v) is 3.38. The largest absolute Gasteiger partial charge is 0.493 e. The number of nitrogens with one attached hydrogen (secondary N) is 1. The van der Waals surface area contributed by atoms with Gasteiger partial charge in [0.2, 0.25) is 11.7 Å². The number of aromatic amines is 1. The van der Waals surface area contributed by atoms with Crippen molar-refractivity contribution in [1.29, 1.82) is 5.26 Å². The Hall–Kier alpha value is -3.92. The summed E-state index contributed by atoms with van der Waals surface area (Å²) in [6, 6.07) is 17.6. The molecular formula is C22H20N4O3. The molecule has 1 aliphatic rings. The molecule has 0 aliphatic carbocycles. The van der Waals surface area contributed by atoms with Crippen LogP contribution in [-0.4, -0.2) is 17.1 Å². The van der Waals surface area contributed by atoms with Crippen LogP contribution in [0.15, 0.2) is 60.0 Å². The summed E-state index contributed by atoms with van der Waals surface area (Å²) < 4.78 is 17.1. The zero-order valence-electron chi connectivity index (χ0n) is 16.1. The smallest absolute Gasteiger partial charge is 0.244 e. The van der Waals surface area contributed by atoms with Gasteiger partial charge in [-0.1, -0.05) is 36.4 Å². The van der Waals surface area contributed by atoms with Gasteiger partial charge in [-0.15, -0.1) is 0 Å². The maximum Gasteiger partial charge on any atom is 0.244 e. The Morgan fingerprint density at radius 2 is 2.00 bits per heavy atom. The number of methoxy groups -OCH3 is 1. The molecule has 7 nitrogen and oxygen atoms in total. The van der Waals surface area contributed by atoms with E-state index in [4.69, 9.17) is 19.9 Å². The molecule has 1 atom stereocenters. The predicted molar refractivity (Wildman–Crippen MR) is 106 cm³/mol. The lowest BCUT2D eigenvalue weighted by atomic mass is 9.88. The zero-order chi connectivity index (χ0) is 20.4. The Balaban J connectivity index is 1.72. The van der Waals surface area contributed by atoms with E-state index in [2.05, 4.69) is 9.97 Å². The van der Waals surface area contributed by atoms with Crippen molar-refractivity contribution in [3.63, 3.8) is 0 Å². The van der Waals surface area contributed by atoms with Gasteiger partial charge in [0.25, 0.3) is 0 Å². The molecule has 2 aromatic carbocycles. The van der Waals surface area contributed by atoms with Gasteiger partial charge in [0.1, 0.15) is 12.7 Å². The molecule has 0 spiro atoms. The molecule has 0 saturated carbocycles. The quantitative estimate of drug-likeness (QED) is 0.692. The van der Waals surface area contributed by atoms with Crippen LogP contribution in [0.25, 0.3) is 0 Å². The lowest BCUT2D eigenvalue weighted by molar-refractivity contribution is 0.284. The summed E-state index contributed by atoms with van der Waals surface area (Å²) in [6.45, 7) is 2.31. The minimum Gasteiger partial charge on any atom is -0.493 e. The minimum absolute atomic E-state index is 0.177.